The van der Waals surface area contributed by atoms with Gasteiger partial charge in [-0.1, -0.05) is 29.3 Å². The molecule has 2 aromatic carbocycles. The highest BCUT2D eigenvalue weighted by Gasteiger charge is 1.99. The van der Waals surface area contributed by atoms with Crippen LogP contribution in [0.3, 0.4) is 0 Å². The van der Waals surface area contributed by atoms with Crippen LogP contribution in [-0.2, 0) is 0 Å². The highest BCUT2D eigenvalue weighted by Crippen LogP contribution is 2.25. The van der Waals surface area contributed by atoms with Gasteiger partial charge in [-0.3, -0.25) is 0 Å². The van der Waals surface area contributed by atoms with E-state index in [1.807, 2.05) is 0 Å². The molecule has 82 valence electrons. The number of hydrogen-bond donors (Lipinski definition) is 1. The third-order valence-corrected chi connectivity index (χ3v) is 2.41. The van der Waals surface area contributed by atoms with Gasteiger partial charge in [0.15, 0.2) is 0 Å². The van der Waals surface area contributed by atoms with E-state index in [9.17, 15) is 4.39 Å². The van der Waals surface area contributed by atoms with Crippen molar-refractivity contribution in [3.8, 4) is 0 Å². The van der Waals surface area contributed by atoms with Crippen LogP contribution < -0.4 is 5.32 Å². The molecule has 0 spiro atoms. The first-order valence-electron chi connectivity index (χ1n) is 4.62. The van der Waals surface area contributed by atoms with Gasteiger partial charge in [0.2, 0.25) is 0 Å². The first-order valence-corrected chi connectivity index (χ1v) is 5.38. The number of anilines is 2. The molecule has 0 aliphatic heterocycles. The number of nitrogens with one attached hydrogen (secondary N) is 1. The van der Waals surface area contributed by atoms with Gasteiger partial charge in [0.05, 0.1) is 0 Å². The summed E-state index contributed by atoms with van der Waals surface area (Å²) >= 11 is 11.7. The summed E-state index contributed by atoms with van der Waals surface area (Å²) in [4.78, 5) is 0. The molecule has 1 nitrogen and oxygen atoms in total. The second-order valence-corrected chi connectivity index (χ2v) is 4.17. The summed E-state index contributed by atoms with van der Waals surface area (Å²) in [5.41, 5.74) is 1.38. The third-order valence-electron chi connectivity index (χ3n) is 1.98. The van der Waals surface area contributed by atoms with Crippen LogP contribution in [0.5, 0.6) is 0 Å². The lowest BCUT2D eigenvalue weighted by atomic mass is 10.2. The Kier molecular flexibility index (Phi) is 3.32. The van der Waals surface area contributed by atoms with E-state index in [0.29, 0.717) is 15.7 Å². The van der Waals surface area contributed by atoms with Crippen LogP contribution in [0.15, 0.2) is 42.5 Å². The molecular weight excluding hydrogens is 248 g/mol. The molecule has 0 saturated heterocycles. The molecule has 0 aromatic heterocycles. The summed E-state index contributed by atoms with van der Waals surface area (Å²) in [5.74, 6) is -0.293. The van der Waals surface area contributed by atoms with Crippen LogP contribution in [0.4, 0.5) is 15.8 Å². The van der Waals surface area contributed by atoms with Gasteiger partial charge in [-0.2, -0.15) is 0 Å². The average Bonchev–Trinajstić information content (AvgIpc) is 2.15. The minimum atomic E-state index is -0.293. The minimum absolute atomic E-state index is 0.293. The average molecular weight is 256 g/mol. The Morgan fingerprint density at radius 3 is 2.19 bits per heavy atom. The van der Waals surface area contributed by atoms with Crippen molar-refractivity contribution in [3.05, 3.63) is 58.3 Å². The van der Waals surface area contributed by atoms with Gasteiger partial charge in [0.1, 0.15) is 5.82 Å². The fourth-order valence-corrected chi connectivity index (χ4v) is 1.88. The summed E-state index contributed by atoms with van der Waals surface area (Å²) in [6.07, 6.45) is 0. The smallest absolute Gasteiger partial charge is 0.125 e. The molecule has 0 heterocycles. The molecule has 0 unspecified atom stereocenters. The molecule has 0 aliphatic rings. The Bertz CT molecular complexity index is 494. The molecule has 2 rings (SSSR count). The van der Waals surface area contributed by atoms with E-state index in [1.165, 1.54) is 12.1 Å². The first kappa shape index (κ1) is 11.2. The summed E-state index contributed by atoms with van der Waals surface area (Å²) < 4.78 is 12.9. The second-order valence-electron chi connectivity index (χ2n) is 3.29. The fraction of sp³-hybridized carbons (Fsp3) is 0. The van der Waals surface area contributed by atoms with Crippen molar-refractivity contribution >= 4 is 34.6 Å². The van der Waals surface area contributed by atoms with Crippen molar-refractivity contribution in [3.63, 3.8) is 0 Å². The molecule has 0 fully saturated rings. The van der Waals surface area contributed by atoms with Crippen LogP contribution >= 0.6 is 23.2 Å². The van der Waals surface area contributed by atoms with E-state index in [4.69, 9.17) is 23.2 Å². The molecule has 0 amide bonds. The lowest BCUT2D eigenvalue weighted by molar-refractivity contribution is 0.628. The summed E-state index contributed by atoms with van der Waals surface area (Å²) in [6, 6.07) is 11.3. The largest absolute Gasteiger partial charge is 0.355 e. The van der Waals surface area contributed by atoms with E-state index in [1.54, 1.807) is 30.3 Å². The van der Waals surface area contributed by atoms with Crippen LogP contribution in [-0.4, -0.2) is 0 Å². The molecule has 1 N–H and O–H groups in total. The first-order chi connectivity index (χ1) is 7.63. The highest BCUT2D eigenvalue weighted by molar-refractivity contribution is 6.35. The number of rotatable bonds is 2. The summed E-state index contributed by atoms with van der Waals surface area (Å²) in [5, 5.41) is 4.08. The van der Waals surface area contributed by atoms with Gasteiger partial charge in [-0.15, -0.1) is 0 Å². The predicted molar refractivity (Wildman–Crippen MR) is 66.1 cm³/mol. The van der Waals surface area contributed by atoms with E-state index in [2.05, 4.69) is 5.32 Å². The Hall–Kier alpha value is -1.25. The van der Waals surface area contributed by atoms with Crippen LogP contribution in [0, 0.1) is 5.82 Å². The van der Waals surface area contributed by atoms with E-state index < -0.39 is 0 Å². The normalized spacial score (nSPS) is 10.2. The third kappa shape index (κ3) is 2.87. The minimum Gasteiger partial charge on any atom is -0.355 e. The monoisotopic (exact) mass is 255 g/mol. The molecule has 16 heavy (non-hydrogen) atoms. The Labute approximate surface area is 103 Å². The van der Waals surface area contributed by atoms with Gasteiger partial charge in [0, 0.05) is 21.4 Å². The van der Waals surface area contributed by atoms with E-state index >= 15 is 0 Å². The van der Waals surface area contributed by atoms with Crippen molar-refractivity contribution < 1.29 is 4.39 Å². The van der Waals surface area contributed by atoms with Crippen molar-refractivity contribution in [1.82, 2.24) is 0 Å². The topological polar surface area (TPSA) is 12.0 Å². The Morgan fingerprint density at radius 1 is 0.875 bits per heavy atom. The van der Waals surface area contributed by atoms with Gasteiger partial charge in [-0.05, 0) is 36.4 Å². The zero-order chi connectivity index (χ0) is 11.5. The zero-order valence-corrected chi connectivity index (χ0v) is 9.69. The molecule has 0 atom stereocenters. The summed E-state index contributed by atoms with van der Waals surface area (Å²) in [6.45, 7) is 0. The van der Waals surface area contributed by atoms with E-state index in [-0.39, 0.29) is 5.82 Å². The SMILES string of the molecule is Fc1cccc(Nc2cc(Cl)cc(Cl)c2)c1. The fourth-order valence-electron chi connectivity index (χ4n) is 1.36. The molecule has 2 aromatic rings. The highest BCUT2D eigenvalue weighted by atomic mass is 35.5. The van der Waals surface area contributed by atoms with Crippen molar-refractivity contribution in [1.29, 1.82) is 0 Å². The number of hydrogen-bond acceptors (Lipinski definition) is 1. The van der Waals surface area contributed by atoms with Gasteiger partial charge < -0.3 is 5.32 Å². The van der Waals surface area contributed by atoms with Crippen LogP contribution in [0.25, 0.3) is 0 Å². The lowest BCUT2D eigenvalue weighted by Gasteiger charge is -2.07. The molecule has 0 radical (unpaired) electrons. The summed E-state index contributed by atoms with van der Waals surface area (Å²) in [7, 11) is 0. The van der Waals surface area contributed by atoms with Crippen molar-refractivity contribution in [2.45, 2.75) is 0 Å². The molecule has 0 saturated carbocycles. The molecule has 4 heteroatoms. The van der Waals surface area contributed by atoms with E-state index in [0.717, 1.165) is 5.69 Å². The molecule has 0 bridgehead atoms. The maximum absolute atomic E-state index is 12.9. The number of benzene rings is 2. The lowest BCUT2D eigenvalue weighted by Crippen LogP contribution is -1.90. The maximum Gasteiger partial charge on any atom is 0.125 e. The molecule has 0 aliphatic carbocycles. The molecular formula is C12H8Cl2FN. The Balaban J connectivity index is 2.27. The quantitative estimate of drug-likeness (QED) is 0.807. The number of halogens is 3. The van der Waals surface area contributed by atoms with Crippen LogP contribution in [0.2, 0.25) is 10.0 Å². The van der Waals surface area contributed by atoms with Crippen molar-refractivity contribution in [2.24, 2.45) is 0 Å². The standard InChI is InChI=1S/C12H8Cl2FN/c13-8-4-9(14)6-12(5-8)16-11-3-1-2-10(15)7-11/h1-7,16H. The Morgan fingerprint density at radius 2 is 1.56 bits per heavy atom. The van der Waals surface area contributed by atoms with Gasteiger partial charge in [-0.25, -0.2) is 4.39 Å². The van der Waals surface area contributed by atoms with Gasteiger partial charge >= 0.3 is 0 Å². The zero-order valence-electron chi connectivity index (χ0n) is 8.18. The van der Waals surface area contributed by atoms with Crippen molar-refractivity contribution in [2.75, 3.05) is 5.32 Å². The second kappa shape index (κ2) is 4.73. The predicted octanol–water partition coefficient (Wildman–Crippen LogP) is 4.88. The van der Waals surface area contributed by atoms with Crippen LogP contribution in [0.1, 0.15) is 0 Å². The maximum atomic E-state index is 12.9. The van der Waals surface area contributed by atoms with Gasteiger partial charge in [0.25, 0.3) is 0 Å².